The molecule has 166 valence electrons. The lowest BCUT2D eigenvalue weighted by molar-refractivity contribution is -0.143. The molecular formula is C22H33N3O5. The second kappa shape index (κ2) is 11.0. The summed E-state index contributed by atoms with van der Waals surface area (Å²) in [6.45, 7) is 11.3. The van der Waals surface area contributed by atoms with Crippen LogP contribution in [0.2, 0.25) is 0 Å². The largest absolute Gasteiger partial charge is 0.466 e. The van der Waals surface area contributed by atoms with Gasteiger partial charge in [0.05, 0.1) is 12.2 Å². The number of benzene rings is 1. The van der Waals surface area contributed by atoms with Crippen LogP contribution in [0.3, 0.4) is 0 Å². The van der Waals surface area contributed by atoms with Gasteiger partial charge in [0, 0.05) is 38.3 Å². The third kappa shape index (κ3) is 8.02. The molecule has 0 radical (unpaired) electrons. The number of carbonyl (C=O) groups is 3. The highest BCUT2D eigenvalue weighted by Crippen LogP contribution is 2.15. The van der Waals surface area contributed by atoms with Gasteiger partial charge in [0.1, 0.15) is 5.60 Å². The number of nitrogens with zero attached hydrogens (tertiary/aromatic N) is 2. The summed E-state index contributed by atoms with van der Waals surface area (Å²) in [5.41, 5.74) is 0.522. The van der Waals surface area contributed by atoms with Crippen molar-refractivity contribution in [2.45, 2.75) is 46.1 Å². The smallest absolute Gasteiger partial charge is 0.338 e. The summed E-state index contributed by atoms with van der Waals surface area (Å²) in [4.78, 5) is 40.0. The third-order valence-corrected chi connectivity index (χ3v) is 4.59. The molecule has 0 aliphatic carbocycles. The van der Waals surface area contributed by atoms with E-state index in [0.717, 1.165) is 26.1 Å². The van der Waals surface area contributed by atoms with E-state index in [0.29, 0.717) is 37.4 Å². The lowest BCUT2D eigenvalue weighted by Gasteiger charge is -2.34. The maximum absolute atomic E-state index is 12.5. The fourth-order valence-corrected chi connectivity index (χ4v) is 3.08. The summed E-state index contributed by atoms with van der Waals surface area (Å²) in [6.07, 6.45) is 1.18. The molecule has 1 heterocycles. The summed E-state index contributed by atoms with van der Waals surface area (Å²) in [7, 11) is 0. The quantitative estimate of drug-likeness (QED) is 0.683. The van der Waals surface area contributed by atoms with Gasteiger partial charge in [0.25, 0.3) is 0 Å². The SMILES string of the molecule is CCOC(=O)CCCN1CCN(C(=O)Nc2ccc(C(=O)OC(C)(C)C)cc2)CC1. The molecular weight excluding hydrogens is 386 g/mol. The molecule has 2 rings (SSSR count). The second-order valence-electron chi connectivity index (χ2n) is 8.25. The highest BCUT2D eigenvalue weighted by atomic mass is 16.6. The third-order valence-electron chi connectivity index (χ3n) is 4.59. The fourth-order valence-electron chi connectivity index (χ4n) is 3.08. The maximum Gasteiger partial charge on any atom is 0.338 e. The van der Waals surface area contributed by atoms with E-state index >= 15 is 0 Å². The average molecular weight is 420 g/mol. The number of ether oxygens (including phenoxy) is 2. The maximum atomic E-state index is 12.5. The van der Waals surface area contributed by atoms with Gasteiger partial charge in [-0.15, -0.1) is 0 Å². The van der Waals surface area contributed by atoms with Gasteiger partial charge in [-0.05, 0) is 64.9 Å². The zero-order valence-corrected chi connectivity index (χ0v) is 18.4. The minimum absolute atomic E-state index is 0.159. The van der Waals surface area contributed by atoms with Crippen molar-refractivity contribution in [3.8, 4) is 0 Å². The number of urea groups is 1. The van der Waals surface area contributed by atoms with Crippen molar-refractivity contribution in [3.05, 3.63) is 29.8 Å². The number of carbonyl (C=O) groups excluding carboxylic acids is 3. The number of rotatable bonds is 7. The Morgan fingerprint density at radius 1 is 1.03 bits per heavy atom. The standard InChI is InChI=1S/C22H33N3O5/c1-5-29-19(26)7-6-12-24-13-15-25(16-14-24)21(28)23-18-10-8-17(9-11-18)20(27)30-22(2,3)4/h8-11H,5-7,12-16H2,1-4H3,(H,23,28). The highest BCUT2D eigenvalue weighted by Gasteiger charge is 2.22. The predicted molar refractivity (Wildman–Crippen MR) is 115 cm³/mol. The molecule has 8 heteroatoms. The molecule has 8 nitrogen and oxygen atoms in total. The van der Waals surface area contributed by atoms with Crippen LogP contribution in [0.4, 0.5) is 10.5 Å². The van der Waals surface area contributed by atoms with Gasteiger partial charge in [-0.2, -0.15) is 0 Å². The van der Waals surface area contributed by atoms with Crippen LogP contribution in [0.5, 0.6) is 0 Å². The van der Waals surface area contributed by atoms with Crippen LogP contribution in [0.1, 0.15) is 50.9 Å². The Labute approximate surface area is 178 Å². The van der Waals surface area contributed by atoms with Crippen molar-refractivity contribution in [3.63, 3.8) is 0 Å². The van der Waals surface area contributed by atoms with Crippen LogP contribution >= 0.6 is 0 Å². The molecule has 1 aliphatic rings. The number of hydrogen-bond acceptors (Lipinski definition) is 6. The van der Waals surface area contributed by atoms with E-state index in [2.05, 4.69) is 10.2 Å². The Hall–Kier alpha value is -2.61. The van der Waals surface area contributed by atoms with E-state index in [1.807, 2.05) is 20.8 Å². The number of amides is 2. The average Bonchev–Trinajstić information content (AvgIpc) is 2.68. The van der Waals surface area contributed by atoms with Gasteiger partial charge >= 0.3 is 18.0 Å². The number of esters is 2. The van der Waals surface area contributed by atoms with Gasteiger partial charge in [-0.25, -0.2) is 9.59 Å². The predicted octanol–water partition coefficient (Wildman–Crippen LogP) is 3.13. The molecule has 0 unspecified atom stereocenters. The Bertz CT molecular complexity index is 719. The van der Waals surface area contributed by atoms with Gasteiger partial charge in [0.15, 0.2) is 0 Å². The van der Waals surface area contributed by atoms with E-state index in [1.54, 1.807) is 36.1 Å². The monoisotopic (exact) mass is 419 g/mol. The molecule has 0 aromatic heterocycles. The molecule has 1 fully saturated rings. The first-order valence-electron chi connectivity index (χ1n) is 10.5. The fraction of sp³-hybridized carbons (Fsp3) is 0.591. The molecule has 0 saturated carbocycles. The lowest BCUT2D eigenvalue weighted by atomic mass is 10.1. The number of piperazine rings is 1. The summed E-state index contributed by atoms with van der Waals surface area (Å²) < 4.78 is 10.3. The number of hydrogen-bond donors (Lipinski definition) is 1. The van der Waals surface area contributed by atoms with Crippen LogP contribution in [-0.2, 0) is 14.3 Å². The minimum atomic E-state index is -0.551. The molecule has 30 heavy (non-hydrogen) atoms. The van der Waals surface area contributed by atoms with Crippen LogP contribution in [0, 0.1) is 0 Å². The van der Waals surface area contributed by atoms with Crippen molar-refractivity contribution in [2.24, 2.45) is 0 Å². The van der Waals surface area contributed by atoms with Crippen LogP contribution < -0.4 is 5.32 Å². The van der Waals surface area contributed by atoms with Crippen molar-refractivity contribution in [1.29, 1.82) is 0 Å². The van der Waals surface area contributed by atoms with Crippen LogP contribution in [0.15, 0.2) is 24.3 Å². The Balaban J connectivity index is 1.74. The molecule has 0 bridgehead atoms. The summed E-state index contributed by atoms with van der Waals surface area (Å²) in [6, 6.07) is 6.52. The van der Waals surface area contributed by atoms with Crippen LogP contribution in [-0.4, -0.2) is 72.7 Å². The van der Waals surface area contributed by atoms with Gasteiger partial charge in [-0.1, -0.05) is 0 Å². The summed E-state index contributed by atoms with van der Waals surface area (Å²) in [5, 5.41) is 2.87. The Morgan fingerprint density at radius 3 is 2.23 bits per heavy atom. The van der Waals surface area contributed by atoms with Gasteiger partial charge < -0.3 is 19.7 Å². The van der Waals surface area contributed by atoms with Crippen molar-refractivity contribution in [2.75, 3.05) is 44.6 Å². The van der Waals surface area contributed by atoms with Crippen molar-refractivity contribution < 1.29 is 23.9 Å². The first-order valence-corrected chi connectivity index (χ1v) is 10.5. The lowest BCUT2D eigenvalue weighted by Crippen LogP contribution is -2.50. The zero-order chi connectivity index (χ0) is 22.1. The van der Waals surface area contributed by atoms with E-state index < -0.39 is 5.60 Å². The molecule has 1 saturated heterocycles. The Morgan fingerprint density at radius 2 is 1.67 bits per heavy atom. The van der Waals surface area contributed by atoms with E-state index in [9.17, 15) is 14.4 Å². The first-order chi connectivity index (χ1) is 14.2. The molecule has 1 aliphatic heterocycles. The minimum Gasteiger partial charge on any atom is -0.466 e. The zero-order valence-electron chi connectivity index (χ0n) is 18.4. The number of anilines is 1. The molecule has 0 spiro atoms. The number of nitrogens with one attached hydrogen (secondary N) is 1. The first kappa shape index (κ1) is 23.7. The van der Waals surface area contributed by atoms with E-state index in [1.165, 1.54) is 0 Å². The van der Waals surface area contributed by atoms with E-state index in [-0.39, 0.29) is 18.0 Å². The molecule has 1 aromatic rings. The summed E-state index contributed by atoms with van der Waals surface area (Å²) in [5.74, 6) is -0.548. The van der Waals surface area contributed by atoms with Crippen molar-refractivity contribution >= 4 is 23.7 Å². The highest BCUT2D eigenvalue weighted by molar-refractivity contribution is 5.92. The topological polar surface area (TPSA) is 88.2 Å². The molecule has 2 amide bonds. The van der Waals surface area contributed by atoms with Gasteiger partial charge in [0.2, 0.25) is 0 Å². The molecule has 1 aromatic carbocycles. The molecule has 1 N–H and O–H groups in total. The van der Waals surface area contributed by atoms with Crippen LogP contribution in [0.25, 0.3) is 0 Å². The summed E-state index contributed by atoms with van der Waals surface area (Å²) >= 11 is 0. The second-order valence-corrected chi connectivity index (χ2v) is 8.25. The van der Waals surface area contributed by atoms with Gasteiger partial charge in [-0.3, -0.25) is 9.69 Å². The van der Waals surface area contributed by atoms with E-state index in [4.69, 9.17) is 9.47 Å². The Kier molecular flexibility index (Phi) is 8.65. The molecule has 0 atom stereocenters. The van der Waals surface area contributed by atoms with Crippen molar-refractivity contribution in [1.82, 2.24) is 9.80 Å². The normalized spacial score (nSPS) is 14.9.